The standard InChI is InChI=1S/C25H20BrNO5/c1-31-20-8-5-16(6-9-20)11-12-27-23(28)21-10-7-18(14-22(21)24(27)29)25(30)32-15-17-3-2-4-19(26)13-17/h2-10,13-14H,11-12,15H2,1H3. The van der Waals surface area contributed by atoms with E-state index in [0.717, 1.165) is 21.3 Å². The number of halogens is 1. The molecule has 0 fully saturated rings. The maximum atomic E-state index is 12.8. The van der Waals surface area contributed by atoms with E-state index in [1.807, 2.05) is 48.5 Å². The Morgan fingerprint density at radius 2 is 1.66 bits per heavy atom. The van der Waals surface area contributed by atoms with Crippen LogP contribution in [0.2, 0.25) is 0 Å². The van der Waals surface area contributed by atoms with Crippen LogP contribution in [-0.2, 0) is 17.8 Å². The van der Waals surface area contributed by atoms with Gasteiger partial charge < -0.3 is 9.47 Å². The first kappa shape index (κ1) is 21.8. The van der Waals surface area contributed by atoms with Gasteiger partial charge in [-0.3, -0.25) is 14.5 Å². The molecule has 162 valence electrons. The number of hydrogen-bond donors (Lipinski definition) is 0. The topological polar surface area (TPSA) is 72.9 Å². The lowest BCUT2D eigenvalue weighted by molar-refractivity contribution is 0.0472. The number of ether oxygens (including phenoxy) is 2. The minimum atomic E-state index is -0.551. The number of benzene rings is 3. The van der Waals surface area contributed by atoms with Crippen molar-refractivity contribution in [3.05, 3.63) is 99.0 Å². The molecule has 0 spiro atoms. The van der Waals surface area contributed by atoms with E-state index >= 15 is 0 Å². The van der Waals surface area contributed by atoms with Gasteiger partial charge in [-0.2, -0.15) is 0 Å². The summed E-state index contributed by atoms with van der Waals surface area (Å²) in [5.74, 6) is -0.564. The molecule has 0 saturated carbocycles. The number of nitrogens with zero attached hydrogens (tertiary/aromatic N) is 1. The number of amides is 2. The molecule has 3 aromatic carbocycles. The average molecular weight is 494 g/mol. The molecule has 1 aliphatic heterocycles. The van der Waals surface area contributed by atoms with Crippen LogP contribution in [-0.4, -0.2) is 36.3 Å². The second kappa shape index (κ2) is 9.36. The van der Waals surface area contributed by atoms with Crippen molar-refractivity contribution in [2.24, 2.45) is 0 Å². The summed E-state index contributed by atoms with van der Waals surface area (Å²) in [5.41, 5.74) is 2.58. The molecule has 1 heterocycles. The maximum Gasteiger partial charge on any atom is 0.338 e. The smallest absolute Gasteiger partial charge is 0.338 e. The first-order valence-electron chi connectivity index (χ1n) is 10.0. The van der Waals surface area contributed by atoms with E-state index in [2.05, 4.69) is 15.9 Å². The summed E-state index contributed by atoms with van der Waals surface area (Å²) in [7, 11) is 1.60. The van der Waals surface area contributed by atoms with Crippen LogP contribution in [0.25, 0.3) is 0 Å². The van der Waals surface area contributed by atoms with E-state index in [1.165, 1.54) is 23.1 Å². The lowest BCUT2D eigenvalue weighted by Crippen LogP contribution is -2.31. The van der Waals surface area contributed by atoms with Crippen molar-refractivity contribution >= 4 is 33.7 Å². The number of carbonyl (C=O) groups is 3. The normalized spacial score (nSPS) is 12.6. The predicted octanol–water partition coefficient (Wildman–Crippen LogP) is 4.65. The van der Waals surface area contributed by atoms with Gasteiger partial charge in [0.1, 0.15) is 12.4 Å². The summed E-state index contributed by atoms with van der Waals surface area (Å²) in [6.07, 6.45) is 0.525. The largest absolute Gasteiger partial charge is 0.497 e. The first-order chi connectivity index (χ1) is 15.5. The monoisotopic (exact) mass is 493 g/mol. The molecule has 0 atom stereocenters. The number of hydrogen-bond acceptors (Lipinski definition) is 5. The van der Waals surface area contributed by atoms with Crippen molar-refractivity contribution in [1.82, 2.24) is 4.90 Å². The minimum Gasteiger partial charge on any atom is -0.497 e. The average Bonchev–Trinajstić information content (AvgIpc) is 3.05. The first-order valence-corrected chi connectivity index (χ1v) is 10.8. The van der Waals surface area contributed by atoms with E-state index in [4.69, 9.17) is 9.47 Å². The number of fused-ring (bicyclic) bond motifs is 1. The lowest BCUT2D eigenvalue weighted by atomic mass is 10.1. The molecule has 0 unspecified atom stereocenters. The van der Waals surface area contributed by atoms with Crippen LogP contribution in [0, 0.1) is 0 Å². The van der Waals surface area contributed by atoms with Gasteiger partial charge in [0.2, 0.25) is 0 Å². The zero-order valence-electron chi connectivity index (χ0n) is 17.3. The number of methoxy groups -OCH3 is 1. The van der Waals surface area contributed by atoms with Crippen LogP contribution in [0.4, 0.5) is 0 Å². The third-order valence-corrected chi connectivity index (χ3v) is 5.74. The predicted molar refractivity (Wildman–Crippen MR) is 122 cm³/mol. The molecule has 0 aromatic heterocycles. The van der Waals surface area contributed by atoms with Crippen molar-refractivity contribution < 1.29 is 23.9 Å². The van der Waals surface area contributed by atoms with E-state index < -0.39 is 11.9 Å². The van der Waals surface area contributed by atoms with Crippen LogP contribution in [0.5, 0.6) is 5.75 Å². The number of esters is 1. The van der Waals surface area contributed by atoms with E-state index in [0.29, 0.717) is 12.0 Å². The second-order valence-electron chi connectivity index (χ2n) is 7.33. The fourth-order valence-electron chi connectivity index (χ4n) is 3.51. The van der Waals surface area contributed by atoms with Gasteiger partial charge in [0.25, 0.3) is 11.8 Å². The van der Waals surface area contributed by atoms with Gasteiger partial charge >= 0.3 is 5.97 Å². The van der Waals surface area contributed by atoms with Crippen LogP contribution in [0.1, 0.15) is 42.2 Å². The van der Waals surface area contributed by atoms with Gasteiger partial charge in [0, 0.05) is 11.0 Å². The molecule has 3 aromatic rings. The summed E-state index contributed by atoms with van der Waals surface area (Å²) in [4.78, 5) is 39.3. The molecule has 32 heavy (non-hydrogen) atoms. The second-order valence-corrected chi connectivity index (χ2v) is 8.24. The highest BCUT2D eigenvalue weighted by Gasteiger charge is 2.35. The fourth-order valence-corrected chi connectivity index (χ4v) is 3.96. The highest BCUT2D eigenvalue weighted by molar-refractivity contribution is 9.10. The zero-order valence-corrected chi connectivity index (χ0v) is 18.9. The van der Waals surface area contributed by atoms with Crippen LogP contribution in [0.15, 0.2) is 71.2 Å². The SMILES string of the molecule is COc1ccc(CCN2C(=O)c3ccc(C(=O)OCc4cccc(Br)c4)cc3C2=O)cc1. The summed E-state index contributed by atoms with van der Waals surface area (Å²) < 4.78 is 11.4. The van der Waals surface area contributed by atoms with Crippen molar-refractivity contribution in [1.29, 1.82) is 0 Å². The molecule has 0 bridgehead atoms. The maximum absolute atomic E-state index is 12.8. The molecular weight excluding hydrogens is 474 g/mol. The number of imide groups is 1. The summed E-state index contributed by atoms with van der Waals surface area (Å²) >= 11 is 3.38. The molecule has 0 N–H and O–H groups in total. The highest BCUT2D eigenvalue weighted by atomic mass is 79.9. The minimum absolute atomic E-state index is 0.107. The Kier molecular flexibility index (Phi) is 6.37. The van der Waals surface area contributed by atoms with Crippen molar-refractivity contribution in [3.63, 3.8) is 0 Å². The Morgan fingerprint density at radius 3 is 2.38 bits per heavy atom. The molecule has 0 aliphatic carbocycles. The number of rotatable bonds is 7. The third kappa shape index (κ3) is 4.57. The van der Waals surface area contributed by atoms with Gasteiger partial charge in [-0.15, -0.1) is 0 Å². The van der Waals surface area contributed by atoms with Crippen molar-refractivity contribution in [3.8, 4) is 5.75 Å². The van der Waals surface area contributed by atoms with Gasteiger partial charge in [0.15, 0.2) is 0 Å². The van der Waals surface area contributed by atoms with Crippen LogP contribution in [0.3, 0.4) is 0 Å². The molecule has 0 saturated heterocycles. The van der Waals surface area contributed by atoms with E-state index in [-0.39, 0.29) is 30.2 Å². The quantitative estimate of drug-likeness (QED) is 0.353. The zero-order chi connectivity index (χ0) is 22.7. The van der Waals surface area contributed by atoms with E-state index in [1.54, 1.807) is 7.11 Å². The molecule has 2 amide bonds. The van der Waals surface area contributed by atoms with Crippen molar-refractivity contribution in [2.75, 3.05) is 13.7 Å². The van der Waals surface area contributed by atoms with Crippen LogP contribution < -0.4 is 4.74 Å². The van der Waals surface area contributed by atoms with Gasteiger partial charge in [0.05, 0.1) is 23.8 Å². The Labute approximate surface area is 193 Å². The summed E-state index contributed by atoms with van der Waals surface area (Å²) in [6.45, 7) is 0.359. The molecule has 6 nitrogen and oxygen atoms in total. The van der Waals surface area contributed by atoms with Crippen LogP contribution >= 0.6 is 15.9 Å². The Balaban J connectivity index is 1.43. The third-order valence-electron chi connectivity index (χ3n) is 5.25. The molecular formula is C25H20BrNO5. The molecule has 4 rings (SSSR count). The number of carbonyl (C=O) groups excluding carboxylic acids is 3. The van der Waals surface area contributed by atoms with Gasteiger partial charge in [-0.1, -0.05) is 40.2 Å². The van der Waals surface area contributed by atoms with Gasteiger partial charge in [-0.25, -0.2) is 4.79 Å². The molecule has 7 heteroatoms. The van der Waals surface area contributed by atoms with Crippen molar-refractivity contribution in [2.45, 2.75) is 13.0 Å². The summed E-state index contributed by atoms with van der Waals surface area (Å²) in [5, 5.41) is 0. The Bertz CT molecular complexity index is 1190. The molecule has 0 radical (unpaired) electrons. The highest BCUT2D eigenvalue weighted by Crippen LogP contribution is 2.25. The van der Waals surface area contributed by atoms with E-state index in [9.17, 15) is 14.4 Å². The van der Waals surface area contributed by atoms with Gasteiger partial charge in [-0.05, 0) is 60.0 Å². The lowest BCUT2D eigenvalue weighted by Gasteiger charge is -2.13. The fraction of sp³-hybridized carbons (Fsp3) is 0.160. The Morgan fingerprint density at radius 1 is 0.906 bits per heavy atom. The molecule has 1 aliphatic rings. The summed E-state index contributed by atoms with van der Waals surface area (Å²) in [6, 6.07) is 19.4. The Hall–Kier alpha value is -3.45.